The summed E-state index contributed by atoms with van der Waals surface area (Å²) in [7, 11) is -2.24. The smallest absolute Gasteiger partial charge is 0.349 e. The fourth-order valence-electron chi connectivity index (χ4n) is 3.04. The monoisotopic (exact) mass is 469 g/mol. The van der Waals surface area contributed by atoms with Crippen molar-refractivity contribution < 1.29 is 27.4 Å². The third-order valence-electron chi connectivity index (χ3n) is 5.06. The van der Waals surface area contributed by atoms with Gasteiger partial charge in [0.25, 0.3) is 10.0 Å². The van der Waals surface area contributed by atoms with E-state index in [1.54, 1.807) is 48.5 Å². The van der Waals surface area contributed by atoms with Gasteiger partial charge in [-0.3, -0.25) is 4.31 Å². The van der Waals surface area contributed by atoms with Gasteiger partial charge in [0.2, 0.25) is 0 Å². The van der Waals surface area contributed by atoms with Gasteiger partial charge in [0.05, 0.1) is 17.2 Å². The molecule has 0 spiro atoms. The van der Waals surface area contributed by atoms with Gasteiger partial charge in [-0.2, -0.15) is 0 Å². The zero-order valence-corrected chi connectivity index (χ0v) is 19.9. The number of benzene rings is 3. The van der Waals surface area contributed by atoms with Crippen LogP contribution in [0.25, 0.3) is 0 Å². The minimum atomic E-state index is -3.72. The van der Waals surface area contributed by atoms with Gasteiger partial charge in [0, 0.05) is 7.05 Å². The minimum absolute atomic E-state index is 0.216. The molecule has 7 nitrogen and oxygen atoms in total. The van der Waals surface area contributed by atoms with Crippen LogP contribution in [0.15, 0.2) is 71.6 Å². The molecule has 0 radical (unpaired) electrons. The Labute approximate surface area is 194 Å². The summed E-state index contributed by atoms with van der Waals surface area (Å²) in [5, 5.41) is 0. The number of aryl methyl sites for hydroxylation is 2. The molecule has 0 aliphatic carbocycles. The van der Waals surface area contributed by atoms with Gasteiger partial charge in [-0.05, 0) is 80.4 Å². The van der Waals surface area contributed by atoms with E-state index in [0.29, 0.717) is 23.8 Å². The molecule has 33 heavy (non-hydrogen) atoms. The molecule has 0 aliphatic heterocycles. The molecule has 0 N–H and O–H groups in total. The predicted molar refractivity (Wildman–Crippen MR) is 127 cm³/mol. The Morgan fingerprint density at radius 3 is 2.12 bits per heavy atom. The first kappa shape index (κ1) is 24.1. The van der Waals surface area contributed by atoms with Gasteiger partial charge in [-0.1, -0.05) is 18.2 Å². The van der Waals surface area contributed by atoms with Crippen LogP contribution < -0.4 is 18.5 Å². The molecule has 8 heteroatoms. The van der Waals surface area contributed by atoms with E-state index in [-0.39, 0.29) is 17.3 Å². The van der Waals surface area contributed by atoms with Crippen molar-refractivity contribution in [3.8, 4) is 17.2 Å². The summed E-state index contributed by atoms with van der Waals surface area (Å²) in [6, 6.07) is 18.3. The lowest BCUT2D eigenvalue weighted by Crippen LogP contribution is -2.26. The zero-order valence-electron chi connectivity index (χ0n) is 19.1. The fourth-order valence-corrected chi connectivity index (χ4v) is 4.32. The molecule has 0 amide bonds. The second-order valence-corrected chi connectivity index (χ2v) is 9.32. The molecular weight excluding hydrogens is 442 g/mol. The largest absolute Gasteiger partial charge is 0.490 e. The molecule has 0 unspecified atom stereocenters. The molecule has 0 atom stereocenters. The Hall–Kier alpha value is -3.52. The molecule has 3 aromatic rings. The highest BCUT2D eigenvalue weighted by Gasteiger charge is 2.22. The maximum Gasteiger partial charge on any atom is 0.349 e. The van der Waals surface area contributed by atoms with Crippen LogP contribution in [0.2, 0.25) is 0 Å². The number of sulfonamides is 1. The number of hydrogen-bond donors (Lipinski definition) is 0. The van der Waals surface area contributed by atoms with Crippen molar-refractivity contribution in [2.24, 2.45) is 0 Å². The summed E-state index contributed by atoms with van der Waals surface area (Å²) in [6.45, 7) is 5.84. The maximum absolute atomic E-state index is 13.0. The van der Waals surface area contributed by atoms with Crippen LogP contribution in [0.3, 0.4) is 0 Å². The SMILES string of the molecule is CCOc1ccccc1OCC(=O)Oc1ccc(N(C)S(=O)(=O)c2ccc(C)c(C)c2)cc1. The molecule has 3 rings (SSSR count). The topological polar surface area (TPSA) is 82.1 Å². The molecule has 0 aliphatic rings. The Morgan fingerprint density at radius 2 is 1.52 bits per heavy atom. The molecule has 0 saturated carbocycles. The zero-order chi connectivity index (χ0) is 24.0. The van der Waals surface area contributed by atoms with E-state index < -0.39 is 16.0 Å². The second-order valence-electron chi connectivity index (χ2n) is 7.35. The van der Waals surface area contributed by atoms with Crippen molar-refractivity contribution in [3.05, 3.63) is 77.9 Å². The van der Waals surface area contributed by atoms with Crippen molar-refractivity contribution in [2.45, 2.75) is 25.7 Å². The van der Waals surface area contributed by atoms with E-state index in [2.05, 4.69) is 0 Å². The minimum Gasteiger partial charge on any atom is -0.490 e. The second kappa shape index (κ2) is 10.4. The number of anilines is 1. The Bertz CT molecular complexity index is 1220. The van der Waals surface area contributed by atoms with E-state index >= 15 is 0 Å². The van der Waals surface area contributed by atoms with Crippen LogP contribution in [-0.4, -0.2) is 34.6 Å². The number of carbonyl (C=O) groups excluding carboxylic acids is 1. The molecule has 0 fully saturated rings. The Balaban J connectivity index is 1.64. The number of hydrogen-bond acceptors (Lipinski definition) is 6. The summed E-state index contributed by atoms with van der Waals surface area (Å²) >= 11 is 0. The third-order valence-corrected chi connectivity index (χ3v) is 6.84. The third kappa shape index (κ3) is 5.84. The van der Waals surface area contributed by atoms with Crippen LogP contribution >= 0.6 is 0 Å². The highest BCUT2D eigenvalue weighted by atomic mass is 32.2. The number of ether oxygens (including phenoxy) is 3. The standard InChI is InChI=1S/C25H27NO6S/c1-5-30-23-8-6-7-9-24(23)31-17-25(27)32-21-13-11-20(12-14-21)26(4)33(28,29)22-15-10-18(2)19(3)16-22/h6-16H,5,17H2,1-4H3. The van der Waals surface area contributed by atoms with Crippen LogP contribution in [0.5, 0.6) is 17.2 Å². The van der Waals surface area contributed by atoms with Crippen LogP contribution in [0, 0.1) is 13.8 Å². The number of esters is 1. The average molecular weight is 470 g/mol. The average Bonchev–Trinajstić information content (AvgIpc) is 2.80. The summed E-state index contributed by atoms with van der Waals surface area (Å²) in [4.78, 5) is 12.4. The highest BCUT2D eigenvalue weighted by Crippen LogP contribution is 2.27. The van der Waals surface area contributed by atoms with E-state index in [1.165, 1.54) is 23.5 Å². The quantitative estimate of drug-likeness (QED) is 0.339. The normalized spacial score (nSPS) is 11.0. The number of nitrogens with zero attached hydrogens (tertiary/aromatic N) is 1. The lowest BCUT2D eigenvalue weighted by molar-refractivity contribution is -0.136. The van der Waals surface area contributed by atoms with Gasteiger partial charge in [-0.15, -0.1) is 0 Å². The fraction of sp³-hybridized carbons (Fsp3) is 0.240. The van der Waals surface area contributed by atoms with E-state index in [1.807, 2.05) is 26.8 Å². The van der Waals surface area contributed by atoms with Crippen molar-refractivity contribution in [2.75, 3.05) is 24.6 Å². The number of para-hydroxylation sites is 2. The van der Waals surface area contributed by atoms with E-state index in [0.717, 1.165) is 11.1 Å². The van der Waals surface area contributed by atoms with Crippen LogP contribution in [0.1, 0.15) is 18.1 Å². The van der Waals surface area contributed by atoms with Crippen molar-refractivity contribution in [3.63, 3.8) is 0 Å². The summed E-state index contributed by atoms with van der Waals surface area (Å²) < 4.78 is 43.4. The van der Waals surface area contributed by atoms with Gasteiger partial charge in [0.15, 0.2) is 18.1 Å². The Morgan fingerprint density at radius 1 is 0.879 bits per heavy atom. The molecule has 3 aromatic carbocycles. The molecule has 0 heterocycles. The summed E-state index contributed by atoms with van der Waals surface area (Å²) in [5.74, 6) is 0.683. The first-order valence-corrected chi connectivity index (χ1v) is 11.9. The molecule has 0 saturated heterocycles. The number of carbonyl (C=O) groups is 1. The molecule has 174 valence electrons. The van der Waals surface area contributed by atoms with Crippen molar-refractivity contribution in [1.29, 1.82) is 0 Å². The first-order valence-electron chi connectivity index (χ1n) is 10.4. The Kier molecular flexibility index (Phi) is 7.60. The molecule has 0 bridgehead atoms. The van der Waals surface area contributed by atoms with Crippen molar-refractivity contribution in [1.82, 2.24) is 0 Å². The van der Waals surface area contributed by atoms with Crippen LogP contribution in [0.4, 0.5) is 5.69 Å². The predicted octanol–water partition coefficient (Wildman–Crippen LogP) is 4.51. The van der Waals surface area contributed by atoms with E-state index in [4.69, 9.17) is 14.2 Å². The van der Waals surface area contributed by atoms with E-state index in [9.17, 15) is 13.2 Å². The van der Waals surface area contributed by atoms with Gasteiger partial charge >= 0.3 is 5.97 Å². The highest BCUT2D eigenvalue weighted by molar-refractivity contribution is 7.92. The summed E-state index contributed by atoms with van der Waals surface area (Å²) in [6.07, 6.45) is 0. The lowest BCUT2D eigenvalue weighted by Gasteiger charge is -2.20. The van der Waals surface area contributed by atoms with Gasteiger partial charge < -0.3 is 14.2 Å². The van der Waals surface area contributed by atoms with Gasteiger partial charge in [-0.25, -0.2) is 13.2 Å². The molecular formula is C25H27NO6S. The van der Waals surface area contributed by atoms with Crippen molar-refractivity contribution >= 4 is 21.7 Å². The van der Waals surface area contributed by atoms with Crippen LogP contribution in [-0.2, 0) is 14.8 Å². The first-order chi connectivity index (χ1) is 15.7. The number of rotatable bonds is 9. The summed E-state index contributed by atoms with van der Waals surface area (Å²) in [5.41, 5.74) is 2.36. The van der Waals surface area contributed by atoms with Gasteiger partial charge in [0.1, 0.15) is 5.75 Å². The lowest BCUT2D eigenvalue weighted by atomic mass is 10.1. The maximum atomic E-state index is 13.0. The molecule has 0 aromatic heterocycles.